The van der Waals surface area contributed by atoms with Gasteiger partial charge in [0.25, 0.3) is 0 Å². The van der Waals surface area contributed by atoms with Gasteiger partial charge in [-0.15, -0.1) is 15.3 Å². The minimum atomic E-state index is 0.000866. The van der Waals surface area contributed by atoms with Crippen molar-refractivity contribution < 1.29 is 0 Å². The number of rotatable bonds is 11. The molecule has 0 aromatic rings. The highest BCUT2D eigenvalue weighted by Gasteiger charge is 2.15. The van der Waals surface area contributed by atoms with Gasteiger partial charge < -0.3 is 0 Å². The van der Waals surface area contributed by atoms with Crippen LogP contribution in [-0.4, -0.2) is 8.14 Å². The molecule has 0 radical (unpaired) electrons. The first-order valence-electron chi connectivity index (χ1n) is 7.18. The minimum absolute atomic E-state index is 0.000866. The smallest absolute Gasteiger partial charge is 0.104 e. The predicted octanol–water partition coefficient (Wildman–Crippen LogP) is 5.58. The van der Waals surface area contributed by atoms with E-state index in [0.29, 0.717) is 5.04 Å². The van der Waals surface area contributed by atoms with Crippen molar-refractivity contribution in [3.05, 3.63) is 0 Å². The van der Waals surface area contributed by atoms with E-state index in [-0.39, 0.29) is 8.14 Å². The van der Waals surface area contributed by atoms with Crippen LogP contribution in [0.1, 0.15) is 85.0 Å². The van der Waals surface area contributed by atoms with Crippen LogP contribution in [0.25, 0.3) is 0 Å². The van der Waals surface area contributed by atoms with Crippen molar-refractivity contribution in [3.8, 4) is 0 Å². The monoisotopic (exact) mass is 306 g/mol. The maximum atomic E-state index is 3.73. The van der Waals surface area contributed by atoms with E-state index in [1.807, 2.05) is 0 Å². The molecule has 0 aromatic carbocycles. The molecule has 0 aliphatic heterocycles. The van der Waals surface area contributed by atoms with Crippen LogP contribution in [0.5, 0.6) is 0 Å². The van der Waals surface area contributed by atoms with Crippen LogP contribution < -0.4 is 0 Å². The standard InChI is InChI=1S/C14H31BrSi/c1-4-5-6-7-8-9-10-11-12-13-14(2,3)16-15/h4-13,16H2,1-3H3. The number of hydrogen-bond donors (Lipinski definition) is 0. The van der Waals surface area contributed by atoms with Crippen LogP contribution in [0.4, 0.5) is 0 Å². The lowest BCUT2D eigenvalue weighted by atomic mass is 10.0. The Morgan fingerprint density at radius 2 is 1.25 bits per heavy atom. The van der Waals surface area contributed by atoms with Gasteiger partial charge in [-0.25, -0.2) is 0 Å². The van der Waals surface area contributed by atoms with Crippen molar-refractivity contribution in [3.63, 3.8) is 0 Å². The quantitative estimate of drug-likeness (QED) is 0.265. The zero-order valence-electron chi connectivity index (χ0n) is 11.7. The first-order valence-corrected chi connectivity index (χ1v) is 11.8. The van der Waals surface area contributed by atoms with Crippen LogP contribution in [0.3, 0.4) is 0 Å². The van der Waals surface area contributed by atoms with Gasteiger partial charge >= 0.3 is 0 Å². The van der Waals surface area contributed by atoms with Gasteiger partial charge in [0, 0.05) is 0 Å². The molecule has 0 N–H and O–H groups in total. The minimum Gasteiger partial charge on any atom is -0.135 e. The molecule has 0 saturated heterocycles. The molecule has 16 heavy (non-hydrogen) atoms. The molecule has 98 valence electrons. The summed E-state index contributed by atoms with van der Waals surface area (Å²) in [5.74, 6) is 0. The fourth-order valence-electron chi connectivity index (χ4n) is 1.98. The lowest BCUT2D eigenvalue weighted by Gasteiger charge is -2.20. The largest absolute Gasteiger partial charge is 0.135 e. The average molecular weight is 307 g/mol. The van der Waals surface area contributed by atoms with Crippen molar-refractivity contribution in [2.45, 2.75) is 90.0 Å². The second-order valence-corrected chi connectivity index (χ2v) is 9.74. The summed E-state index contributed by atoms with van der Waals surface area (Å²) in [7, 11) is 0.000866. The zero-order chi connectivity index (χ0) is 12.3. The van der Waals surface area contributed by atoms with E-state index in [1.165, 1.54) is 64.2 Å². The fraction of sp³-hybridized carbons (Fsp3) is 1.00. The summed E-state index contributed by atoms with van der Waals surface area (Å²) in [6.45, 7) is 7.12. The van der Waals surface area contributed by atoms with Crippen molar-refractivity contribution in [1.29, 1.82) is 0 Å². The van der Waals surface area contributed by atoms with Crippen LogP contribution in [0.15, 0.2) is 0 Å². The molecule has 0 rings (SSSR count). The van der Waals surface area contributed by atoms with Crippen molar-refractivity contribution >= 4 is 23.4 Å². The van der Waals surface area contributed by atoms with Crippen molar-refractivity contribution in [2.24, 2.45) is 0 Å². The van der Waals surface area contributed by atoms with E-state index in [9.17, 15) is 0 Å². The van der Waals surface area contributed by atoms with Crippen LogP contribution >= 0.6 is 15.3 Å². The Morgan fingerprint density at radius 3 is 1.69 bits per heavy atom. The molecule has 0 bridgehead atoms. The normalized spacial score (nSPS) is 12.8. The summed E-state index contributed by atoms with van der Waals surface area (Å²) in [5.41, 5.74) is 0. The molecule has 0 atom stereocenters. The van der Waals surface area contributed by atoms with Gasteiger partial charge in [-0.3, -0.25) is 0 Å². The Labute approximate surface area is 113 Å². The third-order valence-corrected chi connectivity index (χ3v) is 8.95. The highest BCUT2D eigenvalue weighted by Crippen LogP contribution is 2.31. The van der Waals surface area contributed by atoms with Gasteiger partial charge in [-0.1, -0.05) is 85.0 Å². The topological polar surface area (TPSA) is 0 Å². The molecule has 0 amide bonds. The zero-order valence-corrected chi connectivity index (χ0v) is 14.7. The second-order valence-electron chi connectivity index (χ2n) is 5.88. The van der Waals surface area contributed by atoms with E-state index in [0.717, 1.165) is 0 Å². The molecule has 0 aliphatic carbocycles. The van der Waals surface area contributed by atoms with Gasteiger partial charge in [0.15, 0.2) is 0 Å². The highest BCUT2D eigenvalue weighted by atomic mass is 79.9. The van der Waals surface area contributed by atoms with E-state index in [2.05, 4.69) is 36.1 Å². The molecule has 0 saturated carbocycles. The first-order chi connectivity index (χ1) is 7.62. The summed E-state index contributed by atoms with van der Waals surface area (Å²) in [5, 5.41) is 0.640. The van der Waals surface area contributed by atoms with E-state index in [4.69, 9.17) is 0 Å². The lowest BCUT2D eigenvalue weighted by Crippen LogP contribution is -2.07. The van der Waals surface area contributed by atoms with Gasteiger partial charge in [0.2, 0.25) is 0 Å². The summed E-state index contributed by atoms with van der Waals surface area (Å²) in [6.07, 6.45) is 14.5. The second kappa shape index (κ2) is 10.8. The van der Waals surface area contributed by atoms with Crippen molar-refractivity contribution in [2.75, 3.05) is 0 Å². The predicted molar refractivity (Wildman–Crippen MR) is 83.4 cm³/mol. The maximum Gasteiger partial charge on any atom is 0.104 e. The number of hydrogen-bond acceptors (Lipinski definition) is 0. The van der Waals surface area contributed by atoms with E-state index in [1.54, 1.807) is 0 Å². The van der Waals surface area contributed by atoms with E-state index < -0.39 is 0 Å². The van der Waals surface area contributed by atoms with Gasteiger partial charge in [-0.2, -0.15) is 0 Å². The third kappa shape index (κ3) is 11.2. The summed E-state index contributed by atoms with van der Waals surface area (Å²) in [6, 6.07) is 0. The van der Waals surface area contributed by atoms with Crippen molar-refractivity contribution in [1.82, 2.24) is 0 Å². The third-order valence-electron chi connectivity index (χ3n) is 3.32. The molecular weight excluding hydrogens is 276 g/mol. The van der Waals surface area contributed by atoms with Gasteiger partial charge in [0.05, 0.1) is 0 Å². The first kappa shape index (κ1) is 16.7. The Morgan fingerprint density at radius 1 is 0.812 bits per heavy atom. The van der Waals surface area contributed by atoms with Crippen LogP contribution in [-0.2, 0) is 0 Å². The average Bonchev–Trinajstić information content (AvgIpc) is 2.27. The fourth-order valence-corrected chi connectivity index (χ4v) is 3.21. The molecule has 0 aliphatic rings. The highest BCUT2D eigenvalue weighted by molar-refractivity contribution is 9.23. The summed E-state index contributed by atoms with van der Waals surface area (Å²) < 4.78 is 0. The Kier molecular flexibility index (Phi) is 11.3. The molecule has 2 heteroatoms. The maximum absolute atomic E-state index is 3.73. The number of halogens is 1. The van der Waals surface area contributed by atoms with Crippen LogP contribution in [0.2, 0.25) is 5.04 Å². The molecule has 0 aromatic heterocycles. The Hall–Kier alpha value is 0.697. The van der Waals surface area contributed by atoms with Crippen LogP contribution in [0, 0.1) is 0 Å². The van der Waals surface area contributed by atoms with Gasteiger partial charge in [0.1, 0.15) is 8.14 Å². The lowest BCUT2D eigenvalue weighted by molar-refractivity contribution is 0.518. The summed E-state index contributed by atoms with van der Waals surface area (Å²) >= 11 is 3.73. The SMILES string of the molecule is CCCCCCCCCCCC(C)(C)[SiH2]Br. The van der Waals surface area contributed by atoms with E-state index >= 15 is 0 Å². The Balaban J connectivity index is 3.10. The molecule has 0 unspecified atom stereocenters. The van der Waals surface area contributed by atoms with Gasteiger partial charge in [-0.05, 0) is 5.04 Å². The number of unbranched alkanes of at least 4 members (excludes halogenated alkanes) is 8. The molecular formula is C14H31BrSi. The molecule has 0 nitrogen and oxygen atoms in total. The summed E-state index contributed by atoms with van der Waals surface area (Å²) in [4.78, 5) is 0. The molecule has 0 spiro atoms. The molecule has 0 heterocycles. The molecule has 0 fully saturated rings. The Bertz CT molecular complexity index is 146.